The number of aromatic nitrogens is 1. The molecule has 2 aromatic heterocycles. The average Bonchev–Trinajstić information content (AvgIpc) is 2.95. The molecule has 22 heavy (non-hydrogen) atoms. The Balaban J connectivity index is 1.97. The van der Waals surface area contributed by atoms with E-state index in [2.05, 4.69) is 22.5 Å². The van der Waals surface area contributed by atoms with Crippen LogP contribution in [0.3, 0.4) is 0 Å². The van der Waals surface area contributed by atoms with Crippen LogP contribution >= 0.6 is 15.9 Å². The van der Waals surface area contributed by atoms with Gasteiger partial charge in [0.25, 0.3) is 5.91 Å². The van der Waals surface area contributed by atoms with E-state index in [0.29, 0.717) is 35.6 Å². The second-order valence-corrected chi connectivity index (χ2v) is 6.48. The first kappa shape index (κ1) is 15.4. The van der Waals surface area contributed by atoms with Crippen molar-refractivity contribution in [3.8, 4) is 0 Å². The average molecular weight is 367 g/mol. The molecule has 1 saturated heterocycles. The van der Waals surface area contributed by atoms with Crippen molar-refractivity contribution in [3.63, 3.8) is 0 Å². The van der Waals surface area contributed by atoms with Crippen LogP contribution in [0.1, 0.15) is 24.3 Å². The van der Waals surface area contributed by atoms with Crippen molar-refractivity contribution >= 4 is 32.9 Å². The molecule has 0 spiro atoms. The van der Waals surface area contributed by atoms with Crippen molar-refractivity contribution in [3.05, 3.63) is 35.2 Å². The van der Waals surface area contributed by atoms with Crippen molar-refractivity contribution in [2.75, 3.05) is 13.1 Å². The summed E-state index contributed by atoms with van der Waals surface area (Å²) in [5.74, 6) is 0.00590. The SMILES string of the molecule is C=CCn1c(C(=O)N2CC(C)OC(C)C2)cc2oc(Br)cc21. The maximum absolute atomic E-state index is 12.9. The van der Waals surface area contributed by atoms with Gasteiger partial charge in [-0.25, -0.2) is 0 Å². The number of fused-ring (bicyclic) bond motifs is 1. The van der Waals surface area contributed by atoms with Crippen LogP contribution in [0, 0.1) is 0 Å². The maximum atomic E-state index is 12.9. The van der Waals surface area contributed by atoms with E-state index in [9.17, 15) is 4.79 Å². The summed E-state index contributed by atoms with van der Waals surface area (Å²) in [6.45, 7) is 9.52. The number of furan rings is 1. The summed E-state index contributed by atoms with van der Waals surface area (Å²) in [5.41, 5.74) is 2.22. The van der Waals surface area contributed by atoms with Gasteiger partial charge in [-0.05, 0) is 29.8 Å². The summed E-state index contributed by atoms with van der Waals surface area (Å²) in [6.07, 6.45) is 1.88. The number of nitrogens with zero attached hydrogens (tertiary/aromatic N) is 2. The molecule has 2 unspecified atom stereocenters. The third kappa shape index (κ3) is 2.73. The van der Waals surface area contributed by atoms with Crippen molar-refractivity contribution in [2.24, 2.45) is 0 Å². The van der Waals surface area contributed by atoms with Crippen LogP contribution in [0.2, 0.25) is 0 Å². The molecule has 5 nitrogen and oxygen atoms in total. The molecule has 0 aliphatic carbocycles. The number of hydrogen-bond acceptors (Lipinski definition) is 3. The number of rotatable bonds is 3. The Bertz CT molecular complexity index is 708. The summed E-state index contributed by atoms with van der Waals surface area (Å²) in [7, 11) is 0. The molecule has 2 aromatic rings. The predicted molar refractivity (Wildman–Crippen MR) is 88.0 cm³/mol. The highest BCUT2D eigenvalue weighted by molar-refractivity contribution is 9.10. The van der Waals surface area contributed by atoms with Crippen molar-refractivity contribution in [1.29, 1.82) is 0 Å². The highest BCUT2D eigenvalue weighted by Crippen LogP contribution is 2.28. The summed E-state index contributed by atoms with van der Waals surface area (Å²) in [6, 6.07) is 3.68. The summed E-state index contributed by atoms with van der Waals surface area (Å²) in [5, 5.41) is 0. The smallest absolute Gasteiger partial charge is 0.270 e. The lowest BCUT2D eigenvalue weighted by atomic mass is 10.2. The fourth-order valence-electron chi connectivity index (χ4n) is 3.02. The Kier molecular flexibility index (Phi) is 4.14. The molecule has 1 fully saturated rings. The third-order valence-corrected chi connectivity index (χ3v) is 4.19. The molecule has 1 aliphatic rings. The molecule has 3 heterocycles. The molecule has 118 valence electrons. The number of carbonyl (C=O) groups is 1. The van der Waals surface area contributed by atoms with Gasteiger partial charge in [0, 0.05) is 31.8 Å². The standard InChI is InChI=1S/C16H19BrN2O3/c1-4-5-19-12-7-15(17)22-14(12)6-13(19)16(20)18-8-10(2)21-11(3)9-18/h4,6-7,10-11H,1,5,8-9H2,2-3H3. The molecule has 3 rings (SSSR count). The van der Waals surface area contributed by atoms with Gasteiger partial charge in [0.1, 0.15) is 5.69 Å². The minimum absolute atomic E-state index is 0.00590. The summed E-state index contributed by atoms with van der Waals surface area (Å²) in [4.78, 5) is 14.7. The summed E-state index contributed by atoms with van der Waals surface area (Å²) < 4.78 is 13.9. The molecule has 6 heteroatoms. The largest absolute Gasteiger partial charge is 0.448 e. The number of morpholine rings is 1. The van der Waals surface area contributed by atoms with Gasteiger partial charge in [0.15, 0.2) is 10.3 Å². The van der Waals surface area contributed by atoms with Gasteiger partial charge < -0.3 is 18.6 Å². The van der Waals surface area contributed by atoms with Crippen LogP contribution < -0.4 is 0 Å². The van der Waals surface area contributed by atoms with Gasteiger partial charge in [-0.15, -0.1) is 6.58 Å². The van der Waals surface area contributed by atoms with Crippen LogP contribution in [0.15, 0.2) is 33.9 Å². The molecule has 0 aromatic carbocycles. The highest BCUT2D eigenvalue weighted by atomic mass is 79.9. The second kappa shape index (κ2) is 5.93. The Morgan fingerprint density at radius 1 is 1.41 bits per heavy atom. The van der Waals surface area contributed by atoms with Crippen LogP contribution in [0.25, 0.3) is 11.1 Å². The normalized spacial score (nSPS) is 22.2. The second-order valence-electron chi connectivity index (χ2n) is 5.70. The van der Waals surface area contributed by atoms with Crippen molar-refractivity contribution in [2.45, 2.75) is 32.6 Å². The van der Waals surface area contributed by atoms with Gasteiger partial charge in [0.05, 0.1) is 17.7 Å². The lowest BCUT2D eigenvalue weighted by molar-refractivity contribution is -0.0588. The molecular weight excluding hydrogens is 348 g/mol. The van der Waals surface area contributed by atoms with Crippen molar-refractivity contribution in [1.82, 2.24) is 9.47 Å². The Labute approximate surface area is 137 Å². The van der Waals surface area contributed by atoms with E-state index in [-0.39, 0.29) is 18.1 Å². The Morgan fingerprint density at radius 2 is 2.09 bits per heavy atom. The maximum Gasteiger partial charge on any atom is 0.270 e. The summed E-state index contributed by atoms with van der Waals surface area (Å²) >= 11 is 3.33. The van der Waals surface area contributed by atoms with E-state index in [4.69, 9.17) is 9.15 Å². The first-order chi connectivity index (χ1) is 10.5. The van der Waals surface area contributed by atoms with Crippen molar-refractivity contribution < 1.29 is 13.9 Å². The molecule has 0 bridgehead atoms. The number of ether oxygens (including phenoxy) is 1. The Morgan fingerprint density at radius 3 is 2.73 bits per heavy atom. The minimum Gasteiger partial charge on any atom is -0.448 e. The number of hydrogen-bond donors (Lipinski definition) is 0. The van der Waals surface area contributed by atoms with Gasteiger partial charge in [0.2, 0.25) is 0 Å². The van der Waals surface area contributed by atoms with Gasteiger partial charge in [-0.1, -0.05) is 6.08 Å². The Hall–Kier alpha value is -1.53. The van der Waals surface area contributed by atoms with E-state index in [0.717, 1.165) is 5.52 Å². The van der Waals surface area contributed by atoms with Crippen LogP contribution in [-0.4, -0.2) is 40.7 Å². The molecule has 0 N–H and O–H groups in total. The minimum atomic E-state index is 0.00590. The van der Waals surface area contributed by atoms with E-state index in [1.807, 2.05) is 29.4 Å². The van der Waals surface area contributed by atoms with E-state index < -0.39 is 0 Å². The molecular formula is C16H19BrN2O3. The molecule has 0 saturated carbocycles. The molecule has 0 radical (unpaired) electrons. The predicted octanol–water partition coefficient (Wildman–Crippen LogP) is 3.43. The fraction of sp³-hybridized carbons (Fsp3) is 0.438. The zero-order valence-corrected chi connectivity index (χ0v) is 14.3. The monoisotopic (exact) mass is 366 g/mol. The lowest BCUT2D eigenvalue weighted by Gasteiger charge is -2.35. The van der Waals surface area contributed by atoms with Crippen LogP contribution in [-0.2, 0) is 11.3 Å². The first-order valence-corrected chi connectivity index (χ1v) is 8.13. The molecule has 1 aliphatic heterocycles. The fourth-order valence-corrected chi connectivity index (χ4v) is 3.41. The molecule has 1 amide bonds. The number of amides is 1. The quantitative estimate of drug-likeness (QED) is 0.781. The van der Waals surface area contributed by atoms with E-state index in [1.165, 1.54) is 0 Å². The topological polar surface area (TPSA) is 47.6 Å². The number of allylic oxidation sites excluding steroid dienone is 1. The highest BCUT2D eigenvalue weighted by Gasteiger charge is 2.29. The first-order valence-electron chi connectivity index (χ1n) is 7.33. The van der Waals surface area contributed by atoms with E-state index in [1.54, 1.807) is 12.1 Å². The zero-order chi connectivity index (χ0) is 15.9. The van der Waals surface area contributed by atoms with E-state index >= 15 is 0 Å². The lowest BCUT2D eigenvalue weighted by Crippen LogP contribution is -2.48. The van der Waals surface area contributed by atoms with Gasteiger partial charge in [-0.2, -0.15) is 0 Å². The van der Waals surface area contributed by atoms with Crippen LogP contribution in [0.5, 0.6) is 0 Å². The third-order valence-electron chi connectivity index (χ3n) is 3.80. The number of carbonyl (C=O) groups excluding carboxylic acids is 1. The molecule has 2 atom stereocenters. The van der Waals surface area contributed by atoms with Crippen LogP contribution in [0.4, 0.5) is 0 Å². The van der Waals surface area contributed by atoms with Gasteiger partial charge >= 0.3 is 0 Å². The zero-order valence-electron chi connectivity index (χ0n) is 12.7. The number of halogens is 1. The van der Waals surface area contributed by atoms with Gasteiger partial charge in [-0.3, -0.25) is 4.79 Å².